The fourth-order valence-corrected chi connectivity index (χ4v) is 1.47. The van der Waals surface area contributed by atoms with Gasteiger partial charge in [-0.1, -0.05) is 24.3 Å². The Hall–Kier alpha value is -2.49. The molecule has 0 aliphatic heterocycles. The maximum Gasteiger partial charge on any atom is 0.337 e. The van der Waals surface area contributed by atoms with E-state index < -0.39 is 5.97 Å². The first-order valence-electron chi connectivity index (χ1n) is 4.94. The molecule has 2 aromatic rings. The van der Waals surface area contributed by atoms with E-state index in [9.17, 15) is 9.59 Å². The zero-order valence-corrected chi connectivity index (χ0v) is 8.83. The summed E-state index contributed by atoms with van der Waals surface area (Å²) in [5, 5.41) is 8.85. The van der Waals surface area contributed by atoms with Crippen LogP contribution in [0.25, 0.3) is 11.1 Å². The summed E-state index contributed by atoms with van der Waals surface area (Å²) < 4.78 is 0. The molecule has 0 aliphatic carbocycles. The molecule has 0 unspecified atom stereocenters. The van der Waals surface area contributed by atoms with Crippen LogP contribution in [-0.2, 0) is 0 Å². The highest BCUT2D eigenvalue weighted by Gasteiger charge is 2.05. The first kappa shape index (κ1) is 11.0. The fraction of sp³-hybridized carbons (Fsp3) is 0. The molecule has 0 bridgehead atoms. The normalized spacial score (nSPS) is 9.88. The second-order valence-electron chi connectivity index (χ2n) is 3.51. The molecule has 2 rings (SSSR count). The van der Waals surface area contributed by atoms with Gasteiger partial charge in [-0.05, 0) is 11.6 Å². The third-order valence-electron chi connectivity index (χ3n) is 2.37. The molecule has 0 atom stereocenters. The molecule has 0 fully saturated rings. The Morgan fingerprint density at radius 1 is 1.12 bits per heavy atom. The summed E-state index contributed by atoms with van der Waals surface area (Å²) in [6.45, 7) is 0. The van der Waals surface area contributed by atoms with Crippen LogP contribution in [-0.4, -0.2) is 22.3 Å². The molecule has 1 heterocycles. The molecule has 0 saturated carbocycles. The lowest BCUT2D eigenvalue weighted by molar-refractivity contribution is 0.0696. The number of nitrogens with zero attached hydrogens (tertiary/aromatic N) is 1. The highest BCUT2D eigenvalue weighted by Crippen LogP contribution is 2.19. The lowest BCUT2D eigenvalue weighted by Crippen LogP contribution is -1.97. The van der Waals surface area contributed by atoms with E-state index in [-0.39, 0.29) is 5.56 Å². The van der Waals surface area contributed by atoms with Gasteiger partial charge in [0.05, 0.1) is 5.56 Å². The largest absolute Gasteiger partial charge is 0.478 e. The maximum absolute atomic E-state index is 10.8. The van der Waals surface area contributed by atoms with E-state index in [4.69, 9.17) is 5.11 Å². The average molecular weight is 227 g/mol. The van der Waals surface area contributed by atoms with Crippen LogP contribution in [0, 0.1) is 0 Å². The summed E-state index contributed by atoms with van der Waals surface area (Å²) in [6, 6.07) is 8.41. The molecule has 4 nitrogen and oxygen atoms in total. The monoisotopic (exact) mass is 227 g/mol. The van der Waals surface area contributed by atoms with Crippen LogP contribution in [0.2, 0.25) is 0 Å². The standard InChI is InChI=1S/C13H9NO3/c15-8-9-1-3-10(4-2-9)11-5-12(13(16)17)7-14-6-11/h1-8H,(H,16,17). The molecule has 1 aromatic heterocycles. The van der Waals surface area contributed by atoms with Gasteiger partial charge in [-0.3, -0.25) is 9.78 Å². The molecular weight excluding hydrogens is 218 g/mol. The van der Waals surface area contributed by atoms with Crippen LogP contribution in [0.3, 0.4) is 0 Å². The number of carboxylic acids is 1. The van der Waals surface area contributed by atoms with Crippen molar-refractivity contribution >= 4 is 12.3 Å². The van der Waals surface area contributed by atoms with Crippen molar-refractivity contribution < 1.29 is 14.7 Å². The zero-order valence-electron chi connectivity index (χ0n) is 8.83. The number of aromatic nitrogens is 1. The molecule has 1 aromatic carbocycles. The van der Waals surface area contributed by atoms with Crippen LogP contribution in [0.4, 0.5) is 0 Å². The predicted octanol–water partition coefficient (Wildman–Crippen LogP) is 2.26. The van der Waals surface area contributed by atoms with Gasteiger partial charge < -0.3 is 5.11 Å². The molecule has 0 aliphatic rings. The maximum atomic E-state index is 10.8. The molecule has 4 heteroatoms. The Morgan fingerprint density at radius 2 is 1.82 bits per heavy atom. The van der Waals surface area contributed by atoms with E-state index in [2.05, 4.69) is 4.98 Å². The van der Waals surface area contributed by atoms with E-state index in [0.717, 1.165) is 11.8 Å². The third-order valence-corrected chi connectivity index (χ3v) is 2.37. The van der Waals surface area contributed by atoms with E-state index >= 15 is 0 Å². The van der Waals surface area contributed by atoms with E-state index in [1.54, 1.807) is 36.5 Å². The summed E-state index contributed by atoms with van der Waals surface area (Å²) in [6.07, 6.45) is 3.64. The summed E-state index contributed by atoms with van der Waals surface area (Å²) in [5.74, 6) is -1.01. The van der Waals surface area contributed by atoms with Crippen LogP contribution in [0.15, 0.2) is 42.7 Å². The van der Waals surface area contributed by atoms with Gasteiger partial charge >= 0.3 is 5.97 Å². The molecular formula is C13H9NO3. The van der Waals surface area contributed by atoms with Gasteiger partial charge in [0, 0.05) is 23.5 Å². The van der Waals surface area contributed by atoms with Crippen molar-refractivity contribution in [2.24, 2.45) is 0 Å². The minimum Gasteiger partial charge on any atom is -0.478 e. The third kappa shape index (κ3) is 2.36. The topological polar surface area (TPSA) is 67.3 Å². The fourth-order valence-electron chi connectivity index (χ4n) is 1.47. The summed E-state index contributed by atoms with van der Waals surface area (Å²) >= 11 is 0. The predicted molar refractivity (Wildman–Crippen MR) is 62.0 cm³/mol. The SMILES string of the molecule is O=Cc1ccc(-c2cncc(C(=O)O)c2)cc1. The highest BCUT2D eigenvalue weighted by atomic mass is 16.4. The van der Waals surface area contributed by atoms with Crippen LogP contribution in [0.5, 0.6) is 0 Å². The van der Waals surface area contributed by atoms with Crippen molar-refractivity contribution in [3.8, 4) is 11.1 Å². The van der Waals surface area contributed by atoms with Crippen molar-refractivity contribution in [2.45, 2.75) is 0 Å². The highest BCUT2D eigenvalue weighted by molar-refractivity contribution is 5.89. The molecule has 84 valence electrons. The smallest absolute Gasteiger partial charge is 0.337 e. The van der Waals surface area contributed by atoms with Crippen LogP contribution < -0.4 is 0 Å². The number of hydrogen-bond acceptors (Lipinski definition) is 3. The van der Waals surface area contributed by atoms with Crippen LogP contribution in [0.1, 0.15) is 20.7 Å². The molecule has 0 amide bonds. The second kappa shape index (κ2) is 4.57. The Bertz CT molecular complexity index is 561. The summed E-state index contributed by atoms with van der Waals surface area (Å²) in [4.78, 5) is 25.2. The van der Waals surface area contributed by atoms with Crippen molar-refractivity contribution in [3.05, 3.63) is 53.9 Å². The van der Waals surface area contributed by atoms with Gasteiger partial charge in [-0.15, -0.1) is 0 Å². The number of carbonyl (C=O) groups is 2. The molecule has 0 saturated heterocycles. The van der Waals surface area contributed by atoms with Gasteiger partial charge in [-0.25, -0.2) is 4.79 Å². The summed E-state index contributed by atoms with van der Waals surface area (Å²) in [7, 11) is 0. The average Bonchev–Trinajstić information content (AvgIpc) is 2.39. The van der Waals surface area contributed by atoms with Crippen molar-refractivity contribution in [1.29, 1.82) is 0 Å². The molecule has 17 heavy (non-hydrogen) atoms. The number of benzene rings is 1. The minimum absolute atomic E-state index is 0.141. The lowest BCUT2D eigenvalue weighted by Gasteiger charge is -2.02. The Balaban J connectivity index is 2.41. The quantitative estimate of drug-likeness (QED) is 0.816. The number of carbonyl (C=O) groups excluding carboxylic acids is 1. The number of rotatable bonds is 3. The zero-order chi connectivity index (χ0) is 12.3. The number of hydrogen-bond donors (Lipinski definition) is 1. The minimum atomic E-state index is -1.01. The van der Waals surface area contributed by atoms with E-state index in [1.807, 2.05) is 0 Å². The van der Waals surface area contributed by atoms with Gasteiger partial charge in [0.1, 0.15) is 6.29 Å². The number of aromatic carboxylic acids is 1. The van der Waals surface area contributed by atoms with Gasteiger partial charge in [-0.2, -0.15) is 0 Å². The molecule has 0 spiro atoms. The van der Waals surface area contributed by atoms with E-state index in [1.165, 1.54) is 6.20 Å². The molecule has 1 N–H and O–H groups in total. The molecule has 0 radical (unpaired) electrons. The van der Waals surface area contributed by atoms with Crippen molar-refractivity contribution in [3.63, 3.8) is 0 Å². The Labute approximate surface area is 97.6 Å². The van der Waals surface area contributed by atoms with Crippen molar-refractivity contribution in [2.75, 3.05) is 0 Å². The number of aldehydes is 1. The summed E-state index contributed by atoms with van der Waals surface area (Å²) in [5.41, 5.74) is 2.26. The van der Waals surface area contributed by atoms with Crippen LogP contribution >= 0.6 is 0 Å². The second-order valence-corrected chi connectivity index (χ2v) is 3.51. The van der Waals surface area contributed by atoms with Gasteiger partial charge in [0.2, 0.25) is 0 Å². The number of pyridine rings is 1. The van der Waals surface area contributed by atoms with Gasteiger partial charge in [0.15, 0.2) is 0 Å². The number of carboxylic acid groups (broad SMARTS) is 1. The lowest BCUT2D eigenvalue weighted by atomic mass is 10.0. The van der Waals surface area contributed by atoms with Crippen molar-refractivity contribution in [1.82, 2.24) is 4.98 Å². The van der Waals surface area contributed by atoms with E-state index in [0.29, 0.717) is 11.1 Å². The first-order chi connectivity index (χ1) is 8.20. The Morgan fingerprint density at radius 3 is 2.41 bits per heavy atom. The Kier molecular flexibility index (Phi) is 2.96. The first-order valence-corrected chi connectivity index (χ1v) is 4.94. The van der Waals surface area contributed by atoms with Gasteiger partial charge in [0.25, 0.3) is 0 Å².